The predicted octanol–water partition coefficient (Wildman–Crippen LogP) is 4.92. The van der Waals surface area contributed by atoms with Crippen molar-refractivity contribution < 1.29 is 9.47 Å². The van der Waals surface area contributed by atoms with Crippen LogP contribution in [0.4, 0.5) is 11.4 Å². The van der Waals surface area contributed by atoms with E-state index >= 15 is 0 Å². The lowest BCUT2D eigenvalue weighted by Crippen LogP contribution is -2.30. The van der Waals surface area contributed by atoms with E-state index in [-0.39, 0.29) is 0 Å². The Hall–Kier alpha value is -2.40. The number of nitrogens with two attached hydrogens (primary N) is 2. The lowest BCUT2D eigenvalue weighted by atomic mass is 10.2. The summed E-state index contributed by atoms with van der Waals surface area (Å²) in [4.78, 5) is 2.50. The topological polar surface area (TPSA) is 73.7 Å². The lowest BCUT2D eigenvalue weighted by Gasteiger charge is -2.22. The number of ether oxygens (including phenoxy) is 2. The molecule has 0 spiro atoms. The average Bonchev–Trinajstić information content (AvgIpc) is 2.68. The van der Waals surface area contributed by atoms with Crippen LogP contribution >= 0.6 is 0 Å². The zero-order chi connectivity index (χ0) is 19.5. The van der Waals surface area contributed by atoms with Gasteiger partial charge in [0.15, 0.2) is 0 Å². The van der Waals surface area contributed by atoms with E-state index < -0.39 is 0 Å². The molecule has 0 saturated carbocycles. The minimum Gasteiger partial charge on any atom is -0.492 e. The molecule has 0 amide bonds. The number of benzene rings is 2. The molecule has 0 aliphatic heterocycles. The molecule has 0 saturated heterocycles. The number of unbranched alkanes of at least 4 members (excludes halogenated alkanes) is 2. The first-order valence-electron chi connectivity index (χ1n) is 9.90. The molecule has 0 aliphatic carbocycles. The second-order valence-electron chi connectivity index (χ2n) is 6.76. The Bertz CT molecular complexity index is 666. The zero-order valence-electron chi connectivity index (χ0n) is 16.6. The molecule has 0 unspecified atom stereocenters. The van der Waals surface area contributed by atoms with E-state index in [2.05, 4.69) is 18.7 Å². The average molecular weight is 372 g/mol. The molecular formula is C22H33N3O2. The van der Waals surface area contributed by atoms with Crippen molar-refractivity contribution in [2.24, 2.45) is 0 Å². The first kappa shape index (κ1) is 20.9. The van der Waals surface area contributed by atoms with Crippen LogP contribution in [0.25, 0.3) is 0 Å². The lowest BCUT2D eigenvalue weighted by molar-refractivity contribution is 0.204. The number of nitrogens with zero attached hydrogens (tertiary/aromatic N) is 1. The largest absolute Gasteiger partial charge is 0.492 e. The summed E-state index contributed by atoms with van der Waals surface area (Å²) in [5.41, 5.74) is 12.6. The molecular weight excluding hydrogens is 338 g/mol. The Kier molecular flexibility index (Phi) is 8.78. The first-order valence-corrected chi connectivity index (χ1v) is 9.90. The van der Waals surface area contributed by atoms with Gasteiger partial charge in [0.25, 0.3) is 0 Å². The maximum atomic E-state index is 5.90. The first-order chi connectivity index (χ1) is 13.1. The Morgan fingerprint density at radius 1 is 0.741 bits per heavy atom. The maximum absolute atomic E-state index is 5.90. The third kappa shape index (κ3) is 7.39. The Morgan fingerprint density at radius 2 is 1.33 bits per heavy atom. The quantitative estimate of drug-likeness (QED) is 0.518. The SMILES string of the molecule is CCCCN(CCCC)CCOc1ccc(Oc2ccc(N)c(N)c2)cc1. The standard InChI is InChI=1S/C22H33N3O2/c1-3-5-13-25(14-6-4-2)15-16-26-18-7-9-19(10-8-18)27-20-11-12-21(23)22(24)17-20/h7-12,17H,3-6,13-16,23-24H2,1-2H3. The fourth-order valence-electron chi connectivity index (χ4n) is 2.75. The van der Waals surface area contributed by atoms with Crippen LogP contribution in [0.2, 0.25) is 0 Å². The summed E-state index contributed by atoms with van der Waals surface area (Å²) in [7, 11) is 0. The number of rotatable bonds is 12. The van der Waals surface area contributed by atoms with Crippen molar-refractivity contribution in [3.05, 3.63) is 42.5 Å². The van der Waals surface area contributed by atoms with Gasteiger partial charge in [-0.25, -0.2) is 0 Å². The number of hydrogen-bond acceptors (Lipinski definition) is 5. The number of anilines is 2. The summed E-state index contributed by atoms with van der Waals surface area (Å²) in [6.07, 6.45) is 4.94. The fraction of sp³-hybridized carbons (Fsp3) is 0.455. The van der Waals surface area contributed by atoms with Gasteiger partial charge >= 0.3 is 0 Å². The molecule has 0 aromatic heterocycles. The van der Waals surface area contributed by atoms with Crippen molar-refractivity contribution in [1.29, 1.82) is 0 Å². The van der Waals surface area contributed by atoms with E-state index in [0.29, 0.717) is 23.7 Å². The van der Waals surface area contributed by atoms with Crippen LogP contribution in [0, 0.1) is 0 Å². The highest BCUT2D eigenvalue weighted by Crippen LogP contribution is 2.27. The molecule has 0 heterocycles. The second-order valence-corrected chi connectivity index (χ2v) is 6.76. The molecule has 0 fully saturated rings. The van der Waals surface area contributed by atoms with Crippen LogP contribution < -0.4 is 20.9 Å². The van der Waals surface area contributed by atoms with Crippen LogP contribution in [-0.4, -0.2) is 31.1 Å². The van der Waals surface area contributed by atoms with Crippen molar-refractivity contribution in [1.82, 2.24) is 4.90 Å². The predicted molar refractivity (Wildman–Crippen MR) is 114 cm³/mol. The van der Waals surface area contributed by atoms with Gasteiger partial charge in [0.05, 0.1) is 11.4 Å². The van der Waals surface area contributed by atoms with Crippen LogP contribution in [0.3, 0.4) is 0 Å². The summed E-state index contributed by atoms with van der Waals surface area (Å²) in [5.74, 6) is 2.25. The third-order valence-corrected chi connectivity index (χ3v) is 4.45. The molecule has 5 heteroatoms. The van der Waals surface area contributed by atoms with Gasteiger partial charge in [-0.2, -0.15) is 0 Å². The highest BCUT2D eigenvalue weighted by atomic mass is 16.5. The van der Waals surface area contributed by atoms with Gasteiger partial charge in [0.1, 0.15) is 23.9 Å². The van der Waals surface area contributed by atoms with Crippen LogP contribution in [-0.2, 0) is 0 Å². The summed E-state index contributed by atoms with van der Waals surface area (Å²) in [5, 5.41) is 0. The molecule has 4 N–H and O–H groups in total. The maximum Gasteiger partial charge on any atom is 0.129 e. The third-order valence-electron chi connectivity index (χ3n) is 4.45. The summed E-state index contributed by atoms with van der Waals surface area (Å²) >= 11 is 0. The molecule has 0 atom stereocenters. The molecule has 2 aromatic carbocycles. The molecule has 2 aromatic rings. The molecule has 2 rings (SSSR count). The normalized spacial score (nSPS) is 10.9. The summed E-state index contributed by atoms with van der Waals surface area (Å²) in [6.45, 7) is 8.42. The summed E-state index contributed by atoms with van der Waals surface area (Å²) in [6, 6.07) is 12.9. The van der Waals surface area contributed by atoms with E-state index in [9.17, 15) is 0 Å². The van der Waals surface area contributed by atoms with Gasteiger partial charge in [-0.1, -0.05) is 26.7 Å². The smallest absolute Gasteiger partial charge is 0.129 e. The van der Waals surface area contributed by atoms with Crippen LogP contribution in [0.15, 0.2) is 42.5 Å². The van der Waals surface area contributed by atoms with Crippen molar-refractivity contribution in [2.75, 3.05) is 37.7 Å². The van der Waals surface area contributed by atoms with Gasteiger partial charge < -0.3 is 20.9 Å². The van der Waals surface area contributed by atoms with Crippen LogP contribution in [0.1, 0.15) is 39.5 Å². The Balaban J connectivity index is 1.81. The number of hydrogen-bond donors (Lipinski definition) is 2. The van der Waals surface area contributed by atoms with Crippen molar-refractivity contribution in [3.63, 3.8) is 0 Å². The fourth-order valence-corrected chi connectivity index (χ4v) is 2.75. The molecule has 5 nitrogen and oxygen atoms in total. The molecule has 27 heavy (non-hydrogen) atoms. The van der Waals surface area contributed by atoms with E-state index in [1.54, 1.807) is 18.2 Å². The molecule has 0 aliphatic rings. The van der Waals surface area contributed by atoms with Crippen molar-refractivity contribution in [2.45, 2.75) is 39.5 Å². The highest BCUT2D eigenvalue weighted by Gasteiger charge is 2.05. The highest BCUT2D eigenvalue weighted by molar-refractivity contribution is 5.65. The van der Waals surface area contributed by atoms with Crippen molar-refractivity contribution in [3.8, 4) is 17.2 Å². The van der Waals surface area contributed by atoms with Crippen molar-refractivity contribution >= 4 is 11.4 Å². The molecule has 0 bridgehead atoms. The minimum absolute atomic E-state index is 0.517. The van der Waals surface area contributed by atoms with Gasteiger partial charge in [-0.05, 0) is 62.3 Å². The van der Waals surface area contributed by atoms with E-state index in [1.807, 2.05) is 24.3 Å². The van der Waals surface area contributed by atoms with E-state index in [0.717, 1.165) is 31.1 Å². The van der Waals surface area contributed by atoms with E-state index in [4.69, 9.17) is 20.9 Å². The Morgan fingerprint density at radius 3 is 1.93 bits per heavy atom. The second kappa shape index (κ2) is 11.3. The summed E-state index contributed by atoms with van der Waals surface area (Å²) < 4.78 is 11.7. The zero-order valence-corrected chi connectivity index (χ0v) is 16.6. The van der Waals surface area contributed by atoms with Crippen LogP contribution in [0.5, 0.6) is 17.2 Å². The van der Waals surface area contributed by atoms with Gasteiger partial charge in [0, 0.05) is 12.6 Å². The van der Waals surface area contributed by atoms with Gasteiger partial charge in [-0.15, -0.1) is 0 Å². The number of nitrogen functional groups attached to an aromatic ring is 2. The molecule has 0 radical (unpaired) electrons. The van der Waals surface area contributed by atoms with E-state index in [1.165, 1.54) is 25.7 Å². The van der Waals surface area contributed by atoms with Gasteiger partial charge in [0.2, 0.25) is 0 Å². The Labute approximate surface area is 163 Å². The van der Waals surface area contributed by atoms with Gasteiger partial charge in [-0.3, -0.25) is 4.90 Å². The monoisotopic (exact) mass is 371 g/mol. The minimum atomic E-state index is 0.517. The molecule has 148 valence electrons.